The fourth-order valence-electron chi connectivity index (χ4n) is 3.61. The van der Waals surface area contributed by atoms with Crippen molar-refractivity contribution in [3.8, 4) is 5.75 Å². The highest BCUT2D eigenvalue weighted by molar-refractivity contribution is 6.30. The van der Waals surface area contributed by atoms with Gasteiger partial charge in [0.2, 0.25) is 0 Å². The molecule has 0 spiro atoms. The number of amides is 2. The Morgan fingerprint density at radius 1 is 1.10 bits per heavy atom. The van der Waals surface area contributed by atoms with Gasteiger partial charge in [0.15, 0.2) is 0 Å². The first-order valence-electron chi connectivity index (χ1n) is 9.56. The maximum atomic E-state index is 12.6. The molecule has 7 heteroatoms. The number of anilines is 2. The van der Waals surface area contributed by atoms with E-state index in [2.05, 4.69) is 29.3 Å². The normalized spacial score (nSPS) is 14.2. The number of carbonyl (C=O) groups is 1. The summed E-state index contributed by atoms with van der Waals surface area (Å²) >= 11 is 5.99. The number of piperazine rings is 1. The summed E-state index contributed by atoms with van der Waals surface area (Å²) in [5.41, 5.74) is 2.72. The maximum Gasteiger partial charge on any atom is 0.321 e. The van der Waals surface area contributed by atoms with E-state index in [-0.39, 0.29) is 6.03 Å². The first-order chi connectivity index (χ1) is 14.0. The van der Waals surface area contributed by atoms with Gasteiger partial charge in [-0.05, 0) is 42.8 Å². The zero-order chi connectivity index (χ0) is 20.4. The molecule has 2 aromatic carbocycles. The standard InChI is InChI=1S/C22H23ClN4O2/c1-15-13-20(25-21-18(15)7-4-8-19(21)29-2)26-9-11-27(12-10-26)22(28)24-17-6-3-5-16(23)14-17/h3-8,13-14H,9-12H2,1-2H3,(H,24,28). The molecule has 4 rings (SSSR count). The first kappa shape index (κ1) is 19.3. The Kier molecular flexibility index (Phi) is 5.45. The highest BCUT2D eigenvalue weighted by Crippen LogP contribution is 2.29. The van der Waals surface area contributed by atoms with Gasteiger partial charge in [0.1, 0.15) is 17.1 Å². The molecule has 0 unspecified atom stereocenters. The highest BCUT2D eigenvalue weighted by atomic mass is 35.5. The van der Waals surface area contributed by atoms with Gasteiger partial charge < -0.3 is 19.9 Å². The van der Waals surface area contributed by atoms with Crippen LogP contribution in [0.5, 0.6) is 5.75 Å². The molecule has 0 atom stereocenters. The molecular formula is C22H23ClN4O2. The molecule has 2 heterocycles. The summed E-state index contributed by atoms with van der Waals surface area (Å²) in [6.07, 6.45) is 0. The van der Waals surface area contributed by atoms with Gasteiger partial charge in [-0.2, -0.15) is 0 Å². The third-order valence-electron chi connectivity index (χ3n) is 5.18. The van der Waals surface area contributed by atoms with Crippen molar-refractivity contribution in [3.63, 3.8) is 0 Å². The summed E-state index contributed by atoms with van der Waals surface area (Å²) in [4.78, 5) is 21.4. The number of hydrogen-bond donors (Lipinski definition) is 1. The van der Waals surface area contributed by atoms with Crippen LogP contribution in [0.1, 0.15) is 5.56 Å². The van der Waals surface area contributed by atoms with Crippen molar-refractivity contribution in [2.24, 2.45) is 0 Å². The minimum Gasteiger partial charge on any atom is -0.494 e. The Hall–Kier alpha value is -2.99. The van der Waals surface area contributed by atoms with Gasteiger partial charge in [-0.15, -0.1) is 0 Å². The number of para-hydroxylation sites is 1. The van der Waals surface area contributed by atoms with Crippen molar-refractivity contribution in [3.05, 3.63) is 59.1 Å². The van der Waals surface area contributed by atoms with Crippen LogP contribution in [-0.2, 0) is 0 Å². The van der Waals surface area contributed by atoms with Crippen LogP contribution in [0, 0.1) is 6.92 Å². The van der Waals surface area contributed by atoms with E-state index >= 15 is 0 Å². The van der Waals surface area contributed by atoms with Gasteiger partial charge in [-0.1, -0.05) is 29.8 Å². The van der Waals surface area contributed by atoms with Crippen molar-refractivity contribution >= 4 is 40.0 Å². The van der Waals surface area contributed by atoms with E-state index in [1.165, 1.54) is 0 Å². The first-order valence-corrected chi connectivity index (χ1v) is 9.94. The second-order valence-corrected chi connectivity index (χ2v) is 7.50. The molecule has 1 aromatic heterocycles. The molecule has 1 N–H and O–H groups in total. The number of carbonyl (C=O) groups excluding carboxylic acids is 1. The SMILES string of the molecule is COc1cccc2c(C)cc(N3CCN(C(=O)Nc4cccc(Cl)c4)CC3)nc12. The minimum absolute atomic E-state index is 0.115. The molecule has 0 bridgehead atoms. The molecule has 3 aromatic rings. The predicted octanol–water partition coefficient (Wildman–Crippen LogP) is 4.56. The van der Waals surface area contributed by atoms with Crippen molar-refractivity contribution in [2.45, 2.75) is 6.92 Å². The number of methoxy groups -OCH3 is 1. The van der Waals surface area contributed by atoms with Crippen LogP contribution in [0.4, 0.5) is 16.3 Å². The summed E-state index contributed by atoms with van der Waals surface area (Å²) in [6, 6.07) is 15.1. The summed E-state index contributed by atoms with van der Waals surface area (Å²) in [5.74, 6) is 1.68. The number of aryl methyl sites for hydroxylation is 1. The monoisotopic (exact) mass is 410 g/mol. The number of hydrogen-bond acceptors (Lipinski definition) is 4. The van der Waals surface area contributed by atoms with Crippen LogP contribution in [0.25, 0.3) is 10.9 Å². The average Bonchev–Trinajstić information content (AvgIpc) is 2.73. The van der Waals surface area contributed by atoms with Crippen molar-refractivity contribution in [1.82, 2.24) is 9.88 Å². The quantitative estimate of drug-likeness (QED) is 0.687. The van der Waals surface area contributed by atoms with E-state index in [0.29, 0.717) is 23.8 Å². The fourth-order valence-corrected chi connectivity index (χ4v) is 3.80. The van der Waals surface area contributed by atoms with E-state index in [4.69, 9.17) is 21.3 Å². The van der Waals surface area contributed by atoms with Crippen LogP contribution in [0.15, 0.2) is 48.5 Å². The highest BCUT2D eigenvalue weighted by Gasteiger charge is 2.23. The van der Waals surface area contributed by atoms with Crippen molar-refractivity contribution < 1.29 is 9.53 Å². The van der Waals surface area contributed by atoms with Crippen LogP contribution in [0.3, 0.4) is 0 Å². The Morgan fingerprint density at radius 3 is 2.59 bits per heavy atom. The molecule has 2 amide bonds. The average molecular weight is 411 g/mol. The number of benzene rings is 2. The van der Waals surface area contributed by atoms with E-state index in [1.54, 1.807) is 19.2 Å². The summed E-state index contributed by atoms with van der Waals surface area (Å²) < 4.78 is 5.49. The van der Waals surface area contributed by atoms with Crippen LogP contribution < -0.4 is 15.0 Å². The molecule has 1 aliphatic heterocycles. The lowest BCUT2D eigenvalue weighted by Gasteiger charge is -2.35. The van der Waals surface area contributed by atoms with Crippen molar-refractivity contribution in [2.75, 3.05) is 43.5 Å². The molecule has 0 radical (unpaired) electrons. The number of ether oxygens (including phenoxy) is 1. The smallest absolute Gasteiger partial charge is 0.321 e. The van der Waals surface area contributed by atoms with Gasteiger partial charge in [-0.25, -0.2) is 9.78 Å². The van der Waals surface area contributed by atoms with E-state index < -0.39 is 0 Å². The number of urea groups is 1. The Morgan fingerprint density at radius 2 is 1.86 bits per heavy atom. The molecular weight excluding hydrogens is 388 g/mol. The number of nitrogens with one attached hydrogen (secondary N) is 1. The topological polar surface area (TPSA) is 57.7 Å². The fraction of sp³-hybridized carbons (Fsp3) is 0.273. The summed E-state index contributed by atoms with van der Waals surface area (Å²) in [6.45, 7) is 4.77. The molecule has 1 aliphatic rings. The molecule has 1 saturated heterocycles. The lowest BCUT2D eigenvalue weighted by Crippen LogP contribution is -2.50. The Labute approximate surface area is 175 Å². The van der Waals surface area contributed by atoms with Crippen LogP contribution in [-0.4, -0.2) is 49.2 Å². The molecule has 0 aliphatic carbocycles. The second kappa shape index (κ2) is 8.17. The van der Waals surface area contributed by atoms with Crippen LogP contribution in [0.2, 0.25) is 5.02 Å². The molecule has 6 nitrogen and oxygen atoms in total. The van der Waals surface area contributed by atoms with Gasteiger partial charge in [-0.3, -0.25) is 0 Å². The lowest BCUT2D eigenvalue weighted by atomic mass is 10.1. The van der Waals surface area contributed by atoms with Gasteiger partial charge in [0.05, 0.1) is 7.11 Å². The number of halogens is 1. The number of pyridine rings is 1. The number of rotatable bonds is 3. The molecule has 0 saturated carbocycles. The van der Waals surface area contributed by atoms with Gasteiger partial charge >= 0.3 is 6.03 Å². The number of nitrogens with zero attached hydrogens (tertiary/aromatic N) is 3. The zero-order valence-electron chi connectivity index (χ0n) is 16.5. The number of aromatic nitrogens is 1. The van der Waals surface area contributed by atoms with Crippen molar-refractivity contribution in [1.29, 1.82) is 0 Å². The summed E-state index contributed by atoms with van der Waals surface area (Å²) in [7, 11) is 1.66. The van der Waals surface area contributed by atoms with E-state index in [9.17, 15) is 4.79 Å². The number of fused-ring (bicyclic) bond motifs is 1. The maximum absolute atomic E-state index is 12.6. The minimum atomic E-state index is -0.115. The third kappa shape index (κ3) is 4.07. The largest absolute Gasteiger partial charge is 0.494 e. The molecule has 150 valence electrons. The predicted molar refractivity (Wildman–Crippen MR) is 117 cm³/mol. The molecule has 29 heavy (non-hydrogen) atoms. The van der Waals surface area contributed by atoms with Gasteiger partial charge in [0.25, 0.3) is 0 Å². The van der Waals surface area contributed by atoms with E-state index in [0.717, 1.165) is 41.1 Å². The zero-order valence-corrected chi connectivity index (χ0v) is 17.2. The van der Waals surface area contributed by atoms with Crippen LogP contribution >= 0.6 is 11.6 Å². The Bertz CT molecular complexity index is 1050. The van der Waals surface area contributed by atoms with Gasteiger partial charge in [0, 0.05) is 42.3 Å². The lowest BCUT2D eigenvalue weighted by molar-refractivity contribution is 0.208. The van der Waals surface area contributed by atoms with E-state index in [1.807, 2.05) is 29.2 Å². The Balaban J connectivity index is 1.46. The second-order valence-electron chi connectivity index (χ2n) is 7.07. The summed E-state index contributed by atoms with van der Waals surface area (Å²) in [5, 5.41) is 4.60. The third-order valence-corrected chi connectivity index (χ3v) is 5.42. The molecule has 1 fully saturated rings.